The Hall–Kier alpha value is -6.24. The molecule has 357 valence electrons. The second-order valence-corrected chi connectivity index (χ2v) is 25.6. The summed E-state index contributed by atoms with van der Waals surface area (Å²) in [7, 11) is -1.92. The normalized spacial score (nSPS) is 13.4. The quantitative estimate of drug-likeness (QED) is 0.107. The molecule has 0 amide bonds. The molecule has 10 rings (SSSR count). The first-order chi connectivity index (χ1) is 34.9. The van der Waals surface area contributed by atoms with Crippen LogP contribution < -0.4 is 5.19 Å². The number of furan rings is 1. The van der Waals surface area contributed by atoms with E-state index in [1.807, 2.05) is 32.9 Å². The van der Waals surface area contributed by atoms with E-state index in [4.69, 9.17) is 16.3 Å². The molecule has 0 aliphatic heterocycles. The number of hydrogen-bond donors (Lipinski definition) is 0. The largest absolute Gasteiger partial charge is 0.501 e. The molecule has 10 aromatic rings. The average Bonchev–Trinajstić information content (AvgIpc) is 3.94. The van der Waals surface area contributed by atoms with Crippen molar-refractivity contribution in [3.63, 3.8) is 0 Å². The molecule has 0 bridgehead atoms. The van der Waals surface area contributed by atoms with Gasteiger partial charge in [0.15, 0.2) is 0 Å². The van der Waals surface area contributed by atoms with Gasteiger partial charge in [-0.25, -0.2) is 0 Å². The topological polar surface area (TPSA) is 43.9 Å². The van der Waals surface area contributed by atoms with Crippen LogP contribution in [-0.2, 0) is 26.5 Å². The summed E-state index contributed by atoms with van der Waals surface area (Å²) in [6.45, 7) is 18.5. The summed E-state index contributed by atoms with van der Waals surface area (Å²) >= 11 is 0. The van der Waals surface area contributed by atoms with E-state index in [-0.39, 0.29) is 36.9 Å². The van der Waals surface area contributed by atoms with Crippen molar-refractivity contribution >= 4 is 46.2 Å². The van der Waals surface area contributed by atoms with Crippen molar-refractivity contribution < 1.29 is 35.8 Å². The van der Waals surface area contributed by atoms with Crippen LogP contribution in [0.3, 0.4) is 0 Å². The van der Waals surface area contributed by atoms with E-state index in [0.29, 0.717) is 17.4 Å². The molecular weight excluding hydrogens is 1050 g/mol. The molecule has 0 aliphatic carbocycles. The number of halogens is 1. The van der Waals surface area contributed by atoms with Crippen molar-refractivity contribution in [3.8, 4) is 50.6 Å². The zero-order valence-electron chi connectivity index (χ0n) is 46.5. The maximum atomic E-state index is 14.7. The van der Waals surface area contributed by atoms with E-state index < -0.39 is 32.5 Å². The van der Waals surface area contributed by atoms with Crippen molar-refractivity contribution in [3.05, 3.63) is 192 Å². The van der Waals surface area contributed by atoms with Crippen molar-refractivity contribution in [1.82, 2.24) is 14.5 Å². The molecule has 0 aliphatic rings. The summed E-state index contributed by atoms with van der Waals surface area (Å²) in [6, 6.07) is 55.0. The van der Waals surface area contributed by atoms with Crippen LogP contribution in [0.4, 0.5) is 4.39 Å². The van der Waals surface area contributed by atoms with Crippen molar-refractivity contribution in [2.75, 3.05) is 0 Å². The fourth-order valence-corrected chi connectivity index (χ4v) is 10.5. The Bertz CT molecular complexity index is 3660. The molecule has 0 saturated heterocycles. The van der Waals surface area contributed by atoms with E-state index in [1.54, 1.807) is 12.3 Å². The van der Waals surface area contributed by atoms with E-state index >= 15 is 0 Å². The minimum Gasteiger partial charge on any atom is -0.501 e. The number of nitrogens with zero attached hydrogens (tertiary/aromatic N) is 3. The van der Waals surface area contributed by atoms with Crippen LogP contribution >= 0.6 is 0 Å². The Labute approximate surface area is 435 Å². The molecule has 3 aromatic heterocycles. The standard InChI is InChI=1S/C43H35N2O.C20H27FNSi.Ir/c1-27(2)33-14-10-15-34(28(3)4)41(33)45-39-19-9-8-18-38(39)44-43(45)37-17-11-16-36-35-25-24-32(26-40(35)46-42(36)37)31-22-20-30(21-23-31)29-12-6-5-7-13-29;1-14-8-9-16(17(21)10-14)18-11-15(12-20(2,3)4)19(13-22-18)23(5,6)7;/h5-16,18-28H,1-4H3;8,10-11,13H,12H2,1-7H3;/q2*-1;/i;1D3,12D2;. The van der Waals surface area contributed by atoms with Crippen LogP contribution in [0.2, 0.25) is 19.6 Å². The van der Waals surface area contributed by atoms with Gasteiger partial charge >= 0.3 is 0 Å². The van der Waals surface area contributed by atoms with Crippen LogP contribution in [0.25, 0.3) is 83.6 Å². The molecular formula is C63H62FIrN3OSi-2. The first-order valence-electron chi connectivity index (χ1n) is 26.3. The van der Waals surface area contributed by atoms with Crippen molar-refractivity contribution in [2.24, 2.45) is 5.41 Å². The fourth-order valence-electron chi connectivity index (χ4n) is 9.13. The van der Waals surface area contributed by atoms with Gasteiger partial charge in [-0.15, -0.1) is 42.0 Å². The molecule has 0 unspecified atom stereocenters. The van der Waals surface area contributed by atoms with Crippen molar-refractivity contribution in [2.45, 2.75) is 93.2 Å². The third-order valence-corrected chi connectivity index (χ3v) is 14.5. The van der Waals surface area contributed by atoms with E-state index in [0.717, 1.165) is 66.7 Å². The number of rotatable bonds is 9. The van der Waals surface area contributed by atoms with Gasteiger partial charge in [0.1, 0.15) is 5.58 Å². The van der Waals surface area contributed by atoms with Gasteiger partial charge in [0.2, 0.25) is 0 Å². The Kier molecular flexibility index (Phi) is 12.6. The molecule has 0 N–H and O–H groups in total. The number of fused-ring (bicyclic) bond motifs is 4. The molecule has 0 atom stereocenters. The van der Waals surface area contributed by atoms with Gasteiger partial charge in [-0.1, -0.05) is 200 Å². The fraction of sp³-hybridized carbons (Fsp3) is 0.238. The summed E-state index contributed by atoms with van der Waals surface area (Å²) < 4.78 is 63.5. The Balaban J connectivity index is 0.000000223. The number of aromatic nitrogens is 3. The second-order valence-electron chi connectivity index (χ2n) is 20.6. The molecule has 0 spiro atoms. The van der Waals surface area contributed by atoms with Gasteiger partial charge in [-0.05, 0) is 86.1 Å². The van der Waals surface area contributed by atoms with Gasteiger partial charge in [0.25, 0.3) is 0 Å². The smallest absolute Gasteiger partial charge is 0.121 e. The molecule has 70 heavy (non-hydrogen) atoms. The Morgan fingerprint density at radius 2 is 1.37 bits per heavy atom. The molecule has 0 saturated carbocycles. The van der Waals surface area contributed by atoms with Crippen molar-refractivity contribution in [1.29, 1.82) is 0 Å². The average molecular weight is 1120 g/mol. The number of pyridine rings is 1. The predicted molar refractivity (Wildman–Crippen MR) is 291 cm³/mol. The SMILES string of the molecule is CC(C)c1cccc(C(C)C)c1-n1c(-c2[c-]ccc3c2oc2cc(-c4ccc(-c5ccccc5)cc4)ccc23)nc2ccccc21.[2H]C([2H])([2H])c1c[c-]c(-c2cc(C([2H])([2H])C(C)(C)C)c([Si](C)(C)C)cn2)c(F)c1.[Ir]. The molecule has 0 fully saturated rings. The minimum atomic E-state index is -2.42. The maximum absolute atomic E-state index is 14.7. The van der Waals surface area contributed by atoms with Gasteiger partial charge in [-0.3, -0.25) is 9.37 Å². The van der Waals surface area contributed by atoms with Crippen LogP contribution in [-0.4, -0.2) is 22.6 Å². The summed E-state index contributed by atoms with van der Waals surface area (Å²) in [5, 5.41) is 3.04. The second kappa shape index (κ2) is 20.2. The van der Waals surface area contributed by atoms with Gasteiger partial charge in [0, 0.05) is 50.0 Å². The maximum Gasteiger partial charge on any atom is 0.121 e. The number of benzene rings is 7. The van der Waals surface area contributed by atoms with Crippen LogP contribution in [0.15, 0.2) is 156 Å². The molecule has 4 nitrogen and oxygen atoms in total. The third-order valence-electron chi connectivity index (χ3n) is 12.5. The number of para-hydroxylation sites is 3. The first kappa shape index (κ1) is 43.8. The third kappa shape index (κ3) is 10.3. The molecule has 7 aromatic carbocycles. The molecule has 7 heteroatoms. The van der Waals surface area contributed by atoms with E-state index in [1.165, 1.54) is 34.0 Å². The Morgan fingerprint density at radius 1 is 0.729 bits per heavy atom. The summed E-state index contributed by atoms with van der Waals surface area (Å²) in [4.78, 5) is 9.63. The van der Waals surface area contributed by atoms with Gasteiger partial charge in [-0.2, -0.15) is 0 Å². The minimum absolute atomic E-state index is 0. The van der Waals surface area contributed by atoms with Gasteiger partial charge < -0.3 is 14.0 Å². The molecule has 3 heterocycles. The van der Waals surface area contributed by atoms with Crippen LogP contribution in [0, 0.1) is 30.2 Å². The van der Waals surface area contributed by atoms with E-state index in [2.05, 4.69) is 184 Å². The monoisotopic (exact) mass is 1120 g/mol. The summed E-state index contributed by atoms with van der Waals surface area (Å²) in [5.74, 6) is 0.796. The first-order valence-corrected chi connectivity index (χ1v) is 27.3. The Morgan fingerprint density at radius 3 is 2.01 bits per heavy atom. The zero-order valence-corrected chi connectivity index (χ0v) is 44.9. The number of aryl methyl sites for hydroxylation is 1. The van der Waals surface area contributed by atoms with E-state index in [9.17, 15) is 4.39 Å². The number of hydrogen-bond acceptors (Lipinski definition) is 3. The predicted octanol–water partition coefficient (Wildman–Crippen LogP) is 17.1. The van der Waals surface area contributed by atoms with Crippen LogP contribution in [0.5, 0.6) is 0 Å². The van der Waals surface area contributed by atoms with Gasteiger partial charge in [0.05, 0.1) is 30.5 Å². The van der Waals surface area contributed by atoms with Crippen LogP contribution in [0.1, 0.15) is 89.4 Å². The number of imidazole rings is 1. The zero-order chi connectivity index (χ0) is 53.1. The summed E-state index contributed by atoms with van der Waals surface area (Å²) in [6.07, 6.45) is -0.0131. The summed E-state index contributed by atoms with van der Waals surface area (Å²) in [5.41, 5.74) is 13.1. The molecule has 1 radical (unpaired) electrons.